The largest absolute Gasteiger partial charge is 0.452 e. The van der Waals surface area contributed by atoms with Gasteiger partial charge in [0.25, 0.3) is 5.91 Å². The van der Waals surface area contributed by atoms with Gasteiger partial charge in [0, 0.05) is 12.0 Å². The molecule has 0 saturated heterocycles. The second kappa shape index (κ2) is 5.44. The first-order chi connectivity index (χ1) is 8.58. The number of primary amides is 1. The lowest BCUT2D eigenvalue weighted by atomic mass is 9.85. The predicted molar refractivity (Wildman–Crippen MR) is 66.1 cm³/mol. The molecule has 0 unspecified atom stereocenters. The van der Waals surface area contributed by atoms with Gasteiger partial charge in [0.2, 0.25) is 11.1 Å². The number of halogens is 1. The highest BCUT2D eigenvalue weighted by Crippen LogP contribution is 2.24. The predicted octanol–water partition coefficient (Wildman–Crippen LogP) is 1.71. The lowest BCUT2D eigenvalue weighted by Crippen LogP contribution is -2.39. The number of hydrogen-bond acceptors (Lipinski definition) is 3. The molecule has 2 amide bonds. The summed E-state index contributed by atoms with van der Waals surface area (Å²) in [4.78, 5) is 22.9. The number of carbonyl (C=O) groups excluding carboxylic acids is 2. The van der Waals surface area contributed by atoms with Crippen LogP contribution in [0.2, 0.25) is 5.22 Å². The van der Waals surface area contributed by atoms with Crippen molar-refractivity contribution in [2.75, 3.05) is 0 Å². The van der Waals surface area contributed by atoms with Gasteiger partial charge in [0.05, 0.1) is 11.8 Å². The van der Waals surface area contributed by atoms with E-state index in [1.165, 1.54) is 12.3 Å². The van der Waals surface area contributed by atoms with Crippen LogP contribution in [0.3, 0.4) is 0 Å². The SMILES string of the molecule is NC(=O)C1CCC(NC(=O)c2ccoc2Cl)CC1. The zero-order valence-electron chi connectivity index (χ0n) is 9.82. The van der Waals surface area contributed by atoms with Gasteiger partial charge >= 0.3 is 0 Å². The van der Waals surface area contributed by atoms with Crippen LogP contribution in [-0.2, 0) is 4.79 Å². The molecule has 0 spiro atoms. The van der Waals surface area contributed by atoms with Gasteiger partial charge in [-0.1, -0.05) is 0 Å². The first-order valence-electron chi connectivity index (χ1n) is 5.91. The molecule has 5 nitrogen and oxygen atoms in total. The second-order valence-electron chi connectivity index (χ2n) is 4.53. The molecule has 6 heteroatoms. The molecule has 0 atom stereocenters. The lowest BCUT2D eigenvalue weighted by Gasteiger charge is -2.27. The number of hydrogen-bond donors (Lipinski definition) is 2. The van der Waals surface area contributed by atoms with Crippen molar-refractivity contribution in [2.45, 2.75) is 31.7 Å². The van der Waals surface area contributed by atoms with Crippen LogP contribution in [0.15, 0.2) is 16.7 Å². The molecule has 1 aliphatic carbocycles. The number of nitrogens with two attached hydrogens (primary N) is 1. The first-order valence-corrected chi connectivity index (χ1v) is 6.29. The average molecular weight is 271 g/mol. The van der Waals surface area contributed by atoms with Crippen molar-refractivity contribution in [3.05, 3.63) is 23.1 Å². The Morgan fingerprint density at radius 2 is 2.00 bits per heavy atom. The van der Waals surface area contributed by atoms with Crippen LogP contribution in [0.5, 0.6) is 0 Å². The van der Waals surface area contributed by atoms with Gasteiger partial charge in [-0.25, -0.2) is 0 Å². The van der Waals surface area contributed by atoms with E-state index in [0.717, 1.165) is 25.7 Å². The molecule has 0 aromatic carbocycles. The van der Waals surface area contributed by atoms with E-state index in [2.05, 4.69) is 5.32 Å². The van der Waals surface area contributed by atoms with Crippen molar-refractivity contribution >= 4 is 23.4 Å². The highest BCUT2D eigenvalue weighted by Gasteiger charge is 2.26. The van der Waals surface area contributed by atoms with Crippen molar-refractivity contribution < 1.29 is 14.0 Å². The van der Waals surface area contributed by atoms with Crippen LogP contribution >= 0.6 is 11.6 Å². The molecular formula is C12H15ClN2O3. The first kappa shape index (κ1) is 13.0. The molecule has 98 valence electrons. The van der Waals surface area contributed by atoms with E-state index in [4.69, 9.17) is 21.8 Å². The van der Waals surface area contributed by atoms with Gasteiger partial charge in [0.15, 0.2) is 0 Å². The van der Waals surface area contributed by atoms with Crippen molar-refractivity contribution in [1.82, 2.24) is 5.32 Å². The molecule has 1 saturated carbocycles. The topological polar surface area (TPSA) is 85.3 Å². The van der Waals surface area contributed by atoms with Crippen LogP contribution in [0, 0.1) is 5.92 Å². The number of nitrogens with one attached hydrogen (secondary N) is 1. The van der Waals surface area contributed by atoms with Gasteiger partial charge in [-0.3, -0.25) is 9.59 Å². The zero-order chi connectivity index (χ0) is 13.1. The standard InChI is InChI=1S/C12H15ClN2O3/c13-10-9(5-6-18-10)12(17)15-8-3-1-7(2-4-8)11(14)16/h5-8H,1-4H2,(H2,14,16)(H,15,17). The summed E-state index contributed by atoms with van der Waals surface area (Å²) in [7, 11) is 0. The van der Waals surface area contributed by atoms with Crippen LogP contribution in [-0.4, -0.2) is 17.9 Å². The van der Waals surface area contributed by atoms with Gasteiger partial charge in [-0.2, -0.15) is 0 Å². The van der Waals surface area contributed by atoms with Crippen molar-refractivity contribution in [1.29, 1.82) is 0 Å². The normalized spacial score (nSPS) is 23.6. The molecule has 1 aromatic rings. The lowest BCUT2D eigenvalue weighted by molar-refractivity contribution is -0.122. The van der Waals surface area contributed by atoms with E-state index in [-0.39, 0.29) is 29.0 Å². The molecule has 0 radical (unpaired) electrons. The van der Waals surface area contributed by atoms with Crippen LogP contribution in [0.1, 0.15) is 36.0 Å². The van der Waals surface area contributed by atoms with E-state index in [9.17, 15) is 9.59 Å². The summed E-state index contributed by atoms with van der Waals surface area (Å²) < 4.78 is 4.87. The highest BCUT2D eigenvalue weighted by atomic mass is 35.5. The van der Waals surface area contributed by atoms with Gasteiger partial charge in [0.1, 0.15) is 0 Å². The molecule has 3 N–H and O–H groups in total. The Morgan fingerprint density at radius 3 is 2.50 bits per heavy atom. The molecular weight excluding hydrogens is 256 g/mol. The highest BCUT2D eigenvalue weighted by molar-refractivity contribution is 6.32. The van der Waals surface area contributed by atoms with Crippen LogP contribution in [0.4, 0.5) is 0 Å². The maximum atomic E-state index is 11.9. The average Bonchev–Trinajstić information content (AvgIpc) is 2.76. The van der Waals surface area contributed by atoms with E-state index in [1.807, 2.05) is 0 Å². The van der Waals surface area contributed by atoms with Gasteiger partial charge in [-0.05, 0) is 43.4 Å². The fraction of sp³-hybridized carbons (Fsp3) is 0.500. The van der Waals surface area contributed by atoms with Crippen LogP contribution in [0.25, 0.3) is 0 Å². The van der Waals surface area contributed by atoms with Crippen molar-refractivity contribution in [2.24, 2.45) is 11.7 Å². The third-order valence-corrected chi connectivity index (χ3v) is 3.62. The minimum atomic E-state index is -0.252. The maximum Gasteiger partial charge on any atom is 0.256 e. The van der Waals surface area contributed by atoms with Crippen molar-refractivity contribution in [3.63, 3.8) is 0 Å². The Balaban J connectivity index is 1.87. The molecule has 1 aliphatic rings. The van der Waals surface area contributed by atoms with Crippen molar-refractivity contribution in [3.8, 4) is 0 Å². The Bertz CT molecular complexity index is 450. The minimum absolute atomic E-state index is 0.0596. The molecule has 1 heterocycles. The smallest absolute Gasteiger partial charge is 0.256 e. The third kappa shape index (κ3) is 2.85. The molecule has 2 rings (SSSR count). The molecule has 1 aromatic heterocycles. The summed E-state index contributed by atoms with van der Waals surface area (Å²) in [6.07, 6.45) is 4.34. The Kier molecular flexibility index (Phi) is 3.91. The molecule has 1 fully saturated rings. The summed E-state index contributed by atoms with van der Waals surface area (Å²) in [5.74, 6) is -0.551. The summed E-state index contributed by atoms with van der Waals surface area (Å²) in [6, 6.07) is 1.60. The quantitative estimate of drug-likeness (QED) is 0.877. The maximum absolute atomic E-state index is 11.9. The second-order valence-corrected chi connectivity index (χ2v) is 4.88. The third-order valence-electron chi connectivity index (χ3n) is 3.33. The zero-order valence-corrected chi connectivity index (χ0v) is 10.6. The minimum Gasteiger partial charge on any atom is -0.452 e. The molecule has 18 heavy (non-hydrogen) atoms. The van der Waals surface area contributed by atoms with Gasteiger partial charge in [-0.15, -0.1) is 0 Å². The molecule has 0 bridgehead atoms. The monoisotopic (exact) mass is 270 g/mol. The Hall–Kier alpha value is -1.49. The summed E-state index contributed by atoms with van der Waals surface area (Å²) >= 11 is 5.73. The number of amides is 2. The Labute approximate surface area is 110 Å². The Morgan fingerprint density at radius 1 is 1.33 bits per heavy atom. The number of carbonyl (C=O) groups is 2. The number of furan rings is 1. The van der Waals surface area contributed by atoms with E-state index in [0.29, 0.717) is 5.56 Å². The van der Waals surface area contributed by atoms with E-state index < -0.39 is 0 Å². The molecule has 0 aliphatic heterocycles. The van der Waals surface area contributed by atoms with E-state index in [1.54, 1.807) is 0 Å². The summed E-state index contributed by atoms with van der Waals surface area (Å²) in [5, 5.41) is 2.98. The number of rotatable bonds is 3. The van der Waals surface area contributed by atoms with Crippen LogP contribution < -0.4 is 11.1 Å². The summed E-state index contributed by atoms with van der Waals surface area (Å²) in [6.45, 7) is 0. The van der Waals surface area contributed by atoms with E-state index >= 15 is 0 Å². The fourth-order valence-electron chi connectivity index (χ4n) is 2.24. The fourth-order valence-corrected chi connectivity index (χ4v) is 2.44. The van der Waals surface area contributed by atoms with Gasteiger partial charge < -0.3 is 15.5 Å². The summed E-state index contributed by atoms with van der Waals surface area (Å²) in [5.41, 5.74) is 5.60.